The number of hydrogen-bond donors (Lipinski definition) is 3. The molecule has 3 aromatic rings. The third-order valence-electron chi connectivity index (χ3n) is 3.56. The Hall–Kier alpha value is -2.55. The number of aromatic amines is 1. The first kappa shape index (κ1) is 25.5. The standard InChI is InChI=1S/C17H15Cl2N3.C2HF3O2.CH4/c18-14-7-6-12(8-15(14)19)9-20-11-17-21-10-16(22-17)13-4-2-1-3-5-13;3-2(4,5)1(6)7;/h1-8,10,20H,9,11H2,(H,21,22);(H,6,7);1H4. The number of nitrogens with zero attached hydrogens (tertiary/aromatic N) is 1. The average molecular weight is 462 g/mol. The molecule has 3 rings (SSSR count). The number of imidazole rings is 1. The van der Waals surface area contributed by atoms with E-state index >= 15 is 0 Å². The van der Waals surface area contributed by atoms with Crippen molar-refractivity contribution in [3.63, 3.8) is 0 Å². The highest BCUT2D eigenvalue weighted by molar-refractivity contribution is 6.42. The van der Waals surface area contributed by atoms with Crippen LogP contribution in [-0.4, -0.2) is 27.2 Å². The number of hydrogen-bond acceptors (Lipinski definition) is 3. The number of nitrogens with one attached hydrogen (secondary N) is 2. The minimum absolute atomic E-state index is 0. The fourth-order valence-corrected chi connectivity index (χ4v) is 2.51. The Morgan fingerprint density at radius 1 is 1.07 bits per heavy atom. The molecule has 162 valence electrons. The minimum Gasteiger partial charge on any atom is -0.475 e. The Morgan fingerprint density at radius 3 is 2.27 bits per heavy atom. The van der Waals surface area contributed by atoms with Gasteiger partial charge in [-0.15, -0.1) is 0 Å². The van der Waals surface area contributed by atoms with E-state index < -0.39 is 12.1 Å². The van der Waals surface area contributed by atoms with Crippen molar-refractivity contribution in [2.45, 2.75) is 26.7 Å². The molecule has 2 aromatic carbocycles. The number of H-pyrrole nitrogens is 1. The van der Waals surface area contributed by atoms with Gasteiger partial charge in [0.1, 0.15) is 5.82 Å². The Morgan fingerprint density at radius 2 is 1.70 bits per heavy atom. The van der Waals surface area contributed by atoms with Gasteiger partial charge in [-0.1, -0.05) is 67.0 Å². The van der Waals surface area contributed by atoms with Gasteiger partial charge in [-0.05, 0) is 23.3 Å². The van der Waals surface area contributed by atoms with Gasteiger partial charge in [0.2, 0.25) is 0 Å². The van der Waals surface area contributed by atoms with Crippen LogP contribution in [0.3, 0.4) is 0 Å². The van der Waals surface area contributed by atoms with E-state index in [1.54, 1.807) is 6.07 Å². The van der Waals surface area contributed by atoms with Gasteiger partial charge in [0, 0.05) is 6.54 Å². The average Bonchev–Trinajstić information content (AvgIpc) is 3.14. The molecule has 0 spiro atoms. The van der Waals surface area contributed by atoms with Gasteiger partial charge in [0.15, 0.2) is 0 Å². The topological polar surface area (TPSA) is 78.0 Å². The van der Waals surface area contributed by atoms with Crippen molar-refractivity contribution < 1.29 is 23.1 Å². The first-order valence-corrected chi connectivity index (χ1v) is 8.96. The third-order valence-corrected chi connectivity index (χ3v) is 4.30. The van der Waals surface area contributed by atoms with Gasteiger partial charge < -0.3 is 15.4 Å². The highest BCUT2D eigenvalue weighted by Crippen LogP contribution is 2.22. The summed E-state index contributed by atoms with van der Waals surface area (Å²) >= 11 is 11.9. The Balaban J connectivity index is 0.000000489. The van der Waals surface area contributed by atoms with Crippen molar-refractivity contribution in [1.82, 2.24) is 15.3 Å². The van der Waals surface area contributed by atoms with E-state index in [2.05, 4.69) is 27.4 Å². The smallest absolute Gasteiger partial charge is 0.475 e. The fourth-order valence-electron chi connectivity index (χ4n) is 2.19. The van der Waals surface area contributed by atoms with Crippen LogP contribution in [0.2, 0.25) is 10.0 Å². The molecule has 0 amide bonds. The van der Waals surface area contributed by atoms with Crippen molar-refractivity contribution in [1.29, 1.82) is 0 Å². The summed E-state index contributed by atoms with van der Waals surface area (Å²) in [6.07, 6.45) is -3.23. The van der Waals surface area contributed by atoms with Crippen LogP contribution in [0.4, 0.5) is 13.2 Å². The summed E-state index contributed by atoms with van der Waals surface area (Å²) in [6, 6.07) is 15.8. The summed E-state index contributed by atoms with van der Waals surface area (Å²) in [5.74, 6) is -1.86. The van der Waals surface area contributed by atoms with E-state index in [9.17, 15) is 13.2 Å². The van der Waals surface area contributed by atoms with E-state index in [-0.39, 0.29) is 7.43 Å². The number of alkyl halides is 3. The molecular formula is C20H20Cl2F3N3O2. The number of aromatic nitrogens is 2. The monoisotopic (exact) mass is 461 g/mol. The quantitative estimate of drug-likeness (QED) is 0.439. The highest BCUT2D eigenvalue weighted by Gasteiger charge is 2.38. The number of aliphatic carboxylic acids is 1. The minimum atomic E-state index is -5.08. The molecule has 3 N–H and O–H groups in total. The van der Waals surface area contributed by atoms with E-state index in [0.717, 1.165) is 22.6 Å². The van der Waals surface area contributed by atoms with Crippen molar-refractivity contribution in [2.75, 3.05) is 0 Å². The molecular weight excluding hydrogens is 442 g/mol. The lowest BCUT2D eigenvalue weighted by molar-refractivity contribution is -0.192. The lowest BCUT2D eigenvalue weighted by Gasteiger charge is -2.04. The van der Waals surface area contributed by atoms with Gasteiger partial charge in [0.25, 0.3) is 0 Å². The molecule has 0 bridgehead atoms. The molecule has 0 aliphatic heterocycles. The zero-order valence-electron chi connectivity index (χ0n) is 14.8. The maximum Gasteiger partial charge on any atom is 0.490 e. The van der Waals surface area contributed by atoms with Crippen LogP contribution in [0.25, 0.3) is 11.3 Å². The summed E-state index contributed by atoms with van der Waals surface area (Å²) in [7, 11) is 0. The van der Waals surface area contributed by atoms with Gasteiger partial charge in [-0.2, -0.15) is 13.2 Å². The van der Waals surface area contributed by atoms with Crippen LogP contribution in [0.5, 0.6) is 0 Å². The van der Waals surface area contributed by atoms with Crippen LogP contribution in [0, 0.1) is 0 Å². The molecule has 0 aliphatic carbocycles. The molecule has 0 saturated carbocycles. The van der Waals surface area contributed by atoms with Gasteiger partial charge in [0.05, 0.1) is 28.5 Å². The molecule has 10 heteroatoms. The second-order valence-corrected chi connectivity index (χ2v) is 6.58. The molecule has 30 heavy (non-hydrogen) atoms. The Bertz CT molecular complexity index is 948. The summed E-state index contributed by atoms with van der Waals surface area (Å²) < 4.78 is 31.7. The molecule has 1 aromatic heterocycles. The molecule has 0 atom stereocenters. The van der Waals surface area contributed by atoms with E-state index in [4.69, 9.17) is 33.1 Å². The predicted octanol–water partition coefficient (Wildman–Crippen LogP) is 5.94. The van der Waals surface area contributed by atoms with Gasteiger partial charge in [-0.3, -0.25) is 0 Å². The number of carbonyl (C=O) groups is 1. The van der Waals surface area contributed by atoms with Crippen LogP contribution in [0.15, 0.2) is 54.7 Å². The normalized spacial score (nSPS) is 10.6. The van der Waals surface area contributed by atoms with Crippen molar-refractivity contribution in [2.24, 2.45) is 0 Å². The molecule has 0 radical (unpaired) electrons. The lowest BCUT2D eigenvalue weighted by atomic mass is 10.2. The number of carboxylic acids is 1. The van der Waals surface area contributed by atoms with Crippen molar-refractivity contribution in [3.05, 3.63) is 76.2 Å². The number of benzene rings is 2. The largest absolute Gasteiger partial charge is 0.490 e. The van der Waals surface area contributed by atoms with E-state index in [1.807, 2.05) is 36.5 Å². The molecule has 0 saturated heterocycles. The van der Waals surface area contributed by atoms with Crippen molar-refractivity contribution in [3.8, 4) is 11.3 Å². The van der Waals surface area contributed by atoms with Crippen LogP contribution in [0.1, 0.15) is 18.8 Å². The van der Waals surface area contributed by atoms with Gasteiger partial charge in [-0.25, -0.2) is 9.78 Å². The Labute approximate surface area is 181 Å². The summed E-state index contributed by atoms with van der Waals surface area (Å²) in [4.78, 5) is 16.6. The summed E-state index contributed by atoms with van der Waals surface area (Å²) in [5.41, 5.74) is 3.24. The molecule has 1 heterocycles. The molecule has 5 nitrogen and oxygen atoms in total. The second-order valence-electron chi connectivity index (χ2n) is 5.76. The summed E-state index contributed by atoms with van der Waals surface area (Å²) in [5, 5.41) is 11.6. The maximum absolute atomic E-state index is 10.6. The fraction of sp³-hybridized carbons (Fsp3) is 0.200. The molecule has 0 aliphatic rings. The first-order valence-electron chi connectivity index (χ1n) is 8.21. The number of halogens is 5. The third kappa shape index (κ3) is 8.06. The zero-order chi connectivity index (χ0) is 21.4. The zero-order valence-corrected chi connectivity index (χ0v) is 16.3. The molecule has 0 fully saturated rings. The summed E-state index contributed by atoms with van der Waals surface area (Å²) in [6.45, 7) is 1.37. The predicted molar refractivity (Wildman–Crippen MR) is 111 cm³/mol. The molecule has 0 unspecified atom stereocenters. The maximum atomic E-state index is 10.6. The van der Waals surface area contributed by atoms with Gasteiger partial charge >= 0.3 is 12.1 Å². The Kier molecular flexibility index (Phi) is 9.84. The second kappa shape index (κ2) is 11.6. The van der Waals surface area contributed by atoms with Crippen LogP contribution >= 0.6 is 23.2 Å². The number of rotatable bonds is 5. The first-order chi connectivity index (χ1) is 13.7. The van der Waals surface area contributed by atoms with Crippen LogP contribution in [-0.2, 0) is 17.9 Å². The highest BCUT2D eigenvalue weighted by atomic mass is 35.5. The van der Waals surface area contributed by atoms with Crippen molar-refractivity contribution >= 4 is 29.2 Å². The van der Waals surface area contributed by atoms with E-state index in [1.165, 1.54) is 0 Å². The van der Waals surface area contributed by atoms with Crippen LogP contribution < -0.4 is 5.32 Å². The van der Waals surface area contributed by atoms with E-state index in [0.29, 0.717) is 23.1 Å². The SMILES string of the molecule is C.Clc1ccc(CNCc2ncc(-c3ccccc3)[nH]2)cc1Cl.O=C(O)C(F)(F)F. The number of carboxylic acid groups (broad SMARTS) is 1. The lowest BCUT2D eigenvalue weighted by Crippen LogP contribution is -2.21.